The first-order valence-electron chi connectivity index (χ1n) is 6.92. The van der Waals surface area contributed by atoms with E-state index >= 15 is 0 Å². The van der Waals surface area contributed by atoms with Crippen molar-refractivity contribution in [3.05, 3.63) is 35.2 Å². The van der Waals surface area contributed by atoms with E-state index < -0.39 is 6.04 Å². The maximum atomic E-state index is 11.7. The predicted molar refractivity (Wildman–Crippen MR) is 88.5 cm³/mol. The second kappa shape index (κ2) is 5.95. The molecule has 112 valence electrons. The molecule has 0 saturated carbocycles. The van der Waals surface area contributed by atoms with Gasteiger partial charge in [-0.25, -0.2) is 4.98 Å². The van der Waals surface area contributed by atoms with Gasteiger partial charge in [-0.2, -0.15) is 0 Å². The number of carbonyl (C=O) groups is 1. The molecule has 5 heteroatoms. The Bertz CT molecular complexity index is 627. The number of aromatic nitrogens is 1. The molecule has 1 aromatic heterocycles. The highest BCUT2D eigenvalue weighted by atomic mass is 32.1. The third kappa shape index (κ3) is 3.68. The second-order valence-corrected chi connectivity index (χ2v) is 7.09. The fourth-order valence-electron chi connectivity index (χ4n) is 1.89. The summed E-state index contributed by atoms with van der Waals surface area (Å²) in [5.74, 6) is -0.219. The van der Waals surface area contributed by atoms with Crippen LogP contribution in [0.4, 0.5) is 5.13 Å². The minimum Gasteiger partial charge on any atom is -0.320 e. The van der Waals surface area contributed by atoms with Crippen molar-refractivity contribution in [1.82, 2.24) is 4.98 Å². The first-order chi connectivity index (χ1) is 9.79. The molecule has 1 heterocycles. The Kier molecular flexibility index (Phi) is 4.44. The normalized spacial score (nSPS) is 13.0. The number of nitrogens with two attached hydrogens (primary N) is 1. The van der Waals surface area contributed by atoms with Crippen molar-refractivity contribution in [2.45, 2.75) is 39.2 Å². The third-order valence-corrected chi connectivity index (χ3v) is 4.40. The van der Waals surface area contributed by atoms with Gasteiger partial charge >= 0.3 is 0 Å². The molecule has 4 nitrogen and oxygen atoms in total. The molecule has 0 aliphatic carbocycles. The third-order valence-electron chi connectivity index (χ3n) is 3.00. The van der Waals surface area contributed by atoms with Crippen molar-refractivity contribution < 1.29 is 4.79 Å². The first-order valence-corrected chi connectivity index (χ1v) is 7.74. The topological polar surface area (TPSA) is 68.0 Å². The molecule has 0 radical (unpaired) electrons. The molecule has 0 fully saturated rings. The summed E-state index contributed by atoms with van der Waals surface area (Å²) in [5, 5.41) is 3.39. The summed E-state index contributed by atoms with van der Waals surface area (Å²) in [7, 11) is 0. The van der Waals surface area contributed by atoms with E-state index in [0.29, 0.717) is 5.13 Å². The number of anilines is 1. The molecule has 0 spiro atoms. The van der Waals surface area contributed by atoms with E-state index in [2.05, 4.69) is 31.1 Å². The lowest BCUT2D eigenvalue weighted by molar-refractivity contribution is -0.117. The maximum Gasteiger partial charge on any atom is 0.242 e. The van der Waals surface area contributed by atoms with Crippen molar-refractivity contribution in [1.29, 1.82) is 0 Å². The molecule has 1 aromatic carbocycles. The second-order valence-electron chi connectivity index (χ2n) is 6.09. The highest BCUT2D eigenvalue weighted by molar-refractivity contribution is 7.16. The Balaban J connectivity index is 2.44. The number of carbonyl (C=O) groups excluding carboxylic acids is 1. The van der Waals surface area contributed by atoms with Crippen LogP contribution in [0.2, 0.25) is 0 Å². The van der Waals surface area contributed by atoms with E-state index in [1.807, 2.05) is 30.3 Å². The number of nitrogens with one attached hydrogen (secondary N) is 1. The van der Waals surface area contributed by atoms with Gasteiger partial charge in [-0.05, 0) is 12.3 Å². The zero-order chi connectivity index (χ0) is 15.6. The summed E-state index contributed by atoms with van der Waals surface area (Å²) in [4.78, 5) is 17.5. The van der Waals surface area contributed by atoms with Gasteiger partial charge < -0.3 is 11.1 Å². The molecule has 0 aliphatic heterocycles. The number of hydrogen-bond donors (Lipinski definition) is 2. The number of thiazole rings is 1. The summed E-state index contributed by atoms with van der Waals surface area (Å²) >= 11 is 1.51. The van der Waals surface area contributed by atoms with Crippen LogP contribution in [0, 0.1) is 0 Å². The van der Waals surface area contributed by atoms with Crippen molar-refractivity contribution in [3.8, 4) is 11.3 Å². The van der Waals surface area contributed by atoms with Gasteiger partial charge in [-0.1, -0.05) is 51.1 Å². The number of rotatable bonds is 3. The zero-order valence-corrected chi connectivity index (χ0v) is 13.6. The molecule has 21 heavy (non-hydrogen) atoms. The van der Waals surface area contributed by atoms with E-state index in [9.17, 15) is 4.79 Å². The molecule has 1 amide bonds. The van der Waals surface area contributed by atoms with Crippen LogP contribution < -0.4 is 11.1 Å². The molecule has 0 unspecified atom stereocenters. The van der Waals surface area contributed by atoms with Crippen LogP contribution in [0.3, 0.4) is 0 Å². The smallest absolute Gasteiger partial charge is 0.242 e. The fourth-order valence-corrected chi connectivity index (χ4v) is 2.94. The number of amides is 1. The molecule has 3 N–H and O–H groups in total. The van der Waals surface area contributed by atoms with Gasteiger partial charge in [0.1, 0.15) is 0 Å². The molecular formula is C16H21N3OS. The number of benzene rings is 1. The van der Waals surface area contributed by atoms with E-state index in [-0.39, 0.29) is 11.3 Å². The van der Waals surface area contributed by atoms with Crippen LogP contribution in [0.25, 0.3) is 11.3 Å². The summed E-state index contributed by atoms with van der Waals surface area (Å²) in [6.45, 7) is 8.09. The van der Waals surface area contributed by atoms with Crippen molar-refractivity contribution >= 4 is 22.4 Å². The van der Waals surface area contributed by atoms with Gasteiger partial charge in [-0.15, -0.1) is 11.3 Å². The Morgan fingerprint density at radius 2 is 1.90 bits per heavy atom. The highest BCUT2D eigenvalue weighted by Gasteiger charge is 2.24. The average molecular weight is 303 g/mol. The van der Waals surface area contributed by atoms with Crippen molar-refractivity contribution in [2.24, 2.45) is 5.73 Å². The predicted octanol–water partition coefficient (Wildman–Crippen LogP) is 3.39. The van der Waals surface area contributed by atoms with Crippen LogP contribution >= 0.6 is 11.3 Å². The lowest BCUT2D eigenvalue weighted by Gasteiger charge is -2.17. The van der Waals surface area contributed by atoms with Crippen LogP contribution in [0.15, 0.2) is 30.3 Å². The molecule has 0 saturated heterocycles. The van der Waals surface area contributed by atoms with Gasteiger partial charge in [0.2, 0.25) is 5.91 Å². The Hall–Kier alpha value is -1.72. The minimum absolute atomic E-state index is 0.0415. The Morgan fingerprint density at radius 1 is 1.29 bits per heavy atom. The van der Waals surface area contributed by atoms with Crippen LogP contribution in [0.5, 0.6) is 0 Å². The van der Waals surface area contributed by atoms with Crippen molar-refractivity contribution in [3.63, 3.8) is 0 Å². The van der Waals surface area contributed by atoms with Crippen LogP contribution in [-0.4, -0.2) is 16.9 Å². The SMILES string of the molecule is C[C@H](N)C(=O)Nc1nc(-c2ccccc2)c(C(C)(C)C)s1. The van der Waals surface area contributed by atoms with Crippen LogP contribution in [-0.2, 0) is 10.2 Å². The van der Waals surface area contributed by atoms with Crippen LogP contribution in [0.1, 0.15) is 32.6 Å². The van der Waals surface area contributed by atoms with Gasteiger partial charge in [0, 0.05) is 10.4 Å². The van der Waals surface area contributed by atoms with E-state index in [1.54, 1.807) is 6.92 Å². The lowest BCUT2D eigenvalue weighted by Crippen LogP contribution is -2.32. The summed E-state index contributed by atoms with van der Waals surface area (Å²) in [6.07, 6.45) is 0. The van der Waals surface area contributed by atoms with Gasteiger partial charge in [0.15, 0.2) is 5.13 Å². The highest BCUT2D eigenvalue weighted by Crippen LogP contribution is 2.39. The molecule has 0 bridgehead atoms. The Labute approximate surface area is 129 Å². The van der Waals surface area contributed by atoms with Gasteiger partial charge in [-0.3, -0.25) is 4.79 Å². The Morgan fingerprint density at radius 3 is 2.43 bits per heavy atom. The monoisotopic (exact) mass is 303 g/mol. The number of hydrogen-bond acceptors (Lipinski definition) is 4. The standard InChI is InChI=1S/C16H21N3OS/c1-10(17)14(20)19-15-18-12(11-8-6-5-7-9-11)13(21-15)16(2,3)4/h5-10H,17H2,1-4H3,(H,18,19,20)/t10-/m0/s1. The average Bonchev–Trinajstić information content (AvgIpc) is 2.83. The molecular weight excluding hydrogens is 282 g/mol. The molecule has 2 aromatic rings. The largest absolute Gasteiger partial charge is 0.320 e. The van der Waals surface area contributed by atoms with Gasteiger partial charge in [0.25, 0.3) is 0 Å². The summed E-state index contributed by atoms with van der Waals surface area (Å²) in [6, 6.07) is 9.46. The summed E-state index contributed by atoms with van der Waals surface area (Å²) in [5.41, 5.74) is 7.53. The van der Waals surface area contributed by atoms with Gasteiger partial charge in [0.05, 0.1) is 11.7 Å². The quantitative estimate of drug-likeness (QED) is 0.913. The zero-order valence-electron chi connectivity index (χ0n) is 12.8. The molecule has 0 aliphatic rings. The van der Waals surface area contributed by atoms with Crippen molar-refractivity contribution in [2.75, 3.05) is 5.32 Å². The summed E-state index contributed by atoms with van der Waals surface area (Å²) < 4.78 is 0. The lowest BCUT2D eigenvalue weighted by atomic mass is 9.91. The van der Waals surface area contributed by atoms with E-state index in [4.69, 9.17) is 5.73 Å². The maximum absolute atomic E-state index is 11.7. The van der Waals surface area contributed by atoms with E-state index in [0.717, 1.165) is 16.1 Å². The fraction of sp³-hybridized carbons (Fsp3) is 0.375. The first kappa shape index (κ1) is 15.7. The van der Waals surface area contributed by atoms with E-state index in [1.165, 1.54) is 11.3 Å². The number of nitrogens with zero attached hydrogens (tertiary/aromatic N) is 1. The molecule has 2 rings (SSSR count). The minimum atomic E-state index is -0.549. The molecule has 1 atom stereocenters.